The molecule has 3 aromatic carbocycles. The molecule has 2 heterocycles. The number of nitrogens with zero attached hydrogens (tertiary/aromatic N) is 3. The van der Waals surface area contributed by atoms with Crippen molar-refractivity contribution in [2.45, 2.75) is 46.1 Å². The normalized spacial score (nSPS) is 14.9. The van der Waals surface area contributed by atoms with E-state index < -0.39 is 11.9 Å². The van der Waals surface area contributed by atoms with Gasteiger partial charge in [0.15, 0.2) is 12.3 Å². The Hall–Kier alpha value is -4.04. The highest BCUT2D eigenvalue weighted by atomic mass is 16.7. The molecule has 0 radical (unpaired) electrons. The molecule has 1 atom stereocenters. The summed E-state index contributed by atoms with van der Waals surface area (Å²) < 4.78 is 17.4. The number of hydrogen-bond acceptors (Lipinski definition) is 7. The lowest BCUT2D eigenvalue weighted by molar-refractivity contribution is 0.00881. The topological polar surface area (TPSA) is 77.1 Å². The Morgan fingerprint density at radius 1 is 0.949 bits per heavy atom. The molecule has 1 fully saturated rings. The van der Waals surface area contributed by atoms with Crippen LogP contribution in [-0.4, -0.2) is 47.9 Å². The fourth-order valence-electron chi connectivity index (χ4n) is 5.11. The summed E-state index contributed by atoms with van der Waals surface area (Å²) in [5.74, 6) is -0.566. The summed E-state index contributed by atoms with van der Waals surface area (Å²) in [5, 5.41) is 0. The van der Waals surface area contributed by atoms with Crippen molar-refractivity contribution in [3.63, 3.8) is 0 Å². The first-order valence-corrected chi connectivity index (χ1v) is 13.6. The van der Waals surface area contributed by atoms with E-state index in [0.717, 1.165) is 51.3 Å². The molecule has 8 heteroatoms. The number of piperazine rings is 1. The van der Waals surface area contributed by atoms with Crippen molar-refractivity contribution in [2.75, 3.05) is 31.1 Å². The van der Waals surface area contributed by atoms with Gasteiger partial charge < -0.3 is 18.8 Å². The molecule has 8 nitrogen and oxygen atoms in total. The van der Waals surface area contributed by atoms with E-state index in [0.29, 0.717) is 11.1 Å². The fourth-order valence-corrected chi connectivity index (χ4v) is 5.11. The summed E-state index contributed by atoms with van der Waals surface area (Å²) in [6, 6.07) is 24.8. The van der Waals surface area contributed by atoms with Gasteiger partial charge in [-0.15, -0.1) is 0 Å². The number of hydrogen-bond donors (Lipinski definition) is 0. The van der Waals surface area contributed by atoms with Crippen LogP contribution in [0.15, 0.2) is 82.0 Å². The summed E-state index contributed by atoms with van der Waals surface area (Å²) in [5.41, 5.74) is 5.70. The van der Waals surface area contributed by atoms with Gasteiger partial charge in [0.2, 0.25) is 0 Å². The molecule has 1 unspecified atom stereocenters. The molecule has 5 rings (SSSR count). The number of carbonyl (C=O) groups is 1. The molecule has 4 aromatic rings. The van der Waals surface area contributed by atoms with Crippen molar-refractivity contribution in [2.24, 2.45) is 0 Å². The van der Waals surface area contributed by atoms with E-state index >= 15 is 0 Å². The molecule has 0 bridgehead atoms. The monoisotopic (exact) mass is 529 g/mol. The minimum absolute atomic E-state index is 0.238. The van der Waals surface area contributed by atoms with Gasteiger partial charge in [0, 0.05) is 32.7 Å². The zero-order valence-electron chi connectivity index (χ0n) is 22.5. The third-order valence-electron chi connectivity index (χ3n) is 7.13. The second-order valence-electron chi connectivity index (χ2n) is 9.99. The second-order valence-corrected chi connectivity index (χ2v) is 9.99. The molecule has 0 saturated carbocycles. The van der Waals surface area contributed by atoms with Crippen LogP contribution >= 0.6 is 0 Å². The number of benzene rings is 3. The number of carbonyl (C=O) groups excluding carboxylic acids is 1. The van der Waals surface area contributed by atoms with Gasteiger partial charge in [-0.1, -0.05) is 67.9 Å². The smallest absolute Gasteiger partial charge is 0.431 e. The van der Waals surface area contributed by atoms with Crippen molar-refractivity contribution in [1.29, 1.82) is 0 Å². The predicted octanol–water partition coefficient (Wildman–Crippen LogP) is 5.88. The van der Waals surface area contributed by atoms with Crippen LogP contribution in [0.25, 0.3) is 22.2 Å². The number of para-hydroxylation sites is 1. The third-order valence-corrected chi connectivity index (χ3v) is 7.13. The Bertz CT molecular complexity index is 1450. The van der Waals surface area contributed by atoms with Crippen LogP contribution in [0.2, 0.25) is 0 Å². The Labute approximate surface area is 228 Å². The molecular weight excluding hydrogens is 494 g/mol. The molecular formula is C31H35N3O5. The molecule has 0 N–H and O–H groups in total. The number of ether oxygens (including phenoxy) is 2. The molecule has 1 saturated heterocycles. The first-order valence-electron chi connectivity index (χ1n) is 13.6. The summed E-state index contributed by atoms with van der Waals surface area (Å²) in [6.45, 7) is 7.86. The largest absolute Gasteiger partial charge is 0.510 e. The molecule has 1 aromatic heterocycles. The zero-order valence-corrected chi connectivity index (χ0v) is 22.5. The maximum absolute atomic E-state index is 12.6. The zero-order chi connectivity index (χ0) is 27.2. The molecule has 1 aliphatic rings. The summed E-state index contributed by atoms with van der Waals surface area (Å²) in [6.07, 6.45) is 0.622. The summed E-state index contributed by atoms with van der Waals surface area (Å²) >= 11 is 0. The predicted molar refractivity (Wildman–Crippen MR) is 152 cm³/mol. The Balaban J connectivity index is 1.22. The van der Waals surface area contributed by atoms with Gasteiger partial charge in [0.25, 0.3) is 0 Å². The lowest BCUT2D eigenvalue weighted by Gasteiger charge is -2.36. The van der Waals surface area contributed by atoms with Crippen molar-refractivity contribution in [3.8, 4) is 11.1 Å². The van der Waals surface area contributed by atoms with Gasteiger partial charge in [-0.05, 0) is 48.2 Å². The molecule has 0 aliphatic carbocycles. The van der Waals surface area contributed by atoms with Gasteiger partial charge in [-0.3, -0.25) is 4.90 Å². The summed E-state index contributed by atoms with van der Waals surface area (Å²) in [4.78, 5) is 29.4. The van der Waals surface area contributed by atoms with Crippen molar-refractivity contribution < 1.29 is 18.7 Å². The second kappa shape index (κ2) is 12.2. The fraction of sp³-hybridized carbons (Fsp3) is 0.355. The van der Waals surface area contributed by atoms with Crippen LogP contribution < -0.4 is 10.7 Å². The molecule has 1 aliphatic heterocycles. The third kappa shape index (κ3) is 6.34. The maximum atomic E-state index is 12.6. The number of rotatable bonds is 9. The first kappa shape index (κ1) is 26.6. The number of aromatic nitrogens is 1. The number of fused-ring (bicyclic) bond motifs is 1. The van der Waals surface area contributed by atoms with E-state index in [1.165, 1.54) is 21.3 Å². The van der Waals surface area contributed by atoms with Gasteiger partial charge in [0.1, 0.15) is 6.10 Å². The van der Waals surface area contributed by atoms with Crippen LogP contribution in [0.3, 0.4) is 0 Å². The lowest BCUT2D eigenvalue weighted by atomic mass is 10.0. The van der Waals surface area contributed by atoms with Crippen LogP contribution in [0.1, 0.15) is 32.3 Å². The maximum Gasteiger partial charge on any atom is 0.510 e. The standard InChI is InChI=1S/C31H35N3O5/c1-3-9-23(2)38-31(36)37-22-34-28-15-8-14-27(29(28)39-30(34)35)33-18-16-32(17-19-33)21-24-10-7-13-26(20-24)25-11-5-4-6-12-25/h4-8,10-15,20,23H,3,9,16-19,21-22H2,1-2H3. The minimum atomic E-state index is -0.793. The van der Waals surface area contributed by atoms with Gasteiger partial charge in [-0.25, -0.2) is 14.2 Å². The average Bonchev–Trinajstić information content (AvgIpc) is 3.28. The van der Waals surface area contributed by atoms with E-state index in [1.807, 2.05) is 32.0 Å². The van der Waals surface area contributed by atoms with Crippen molar-refractivity contribution in [1.82, 2.24) is 9.47 Å². The average molecular weight is 530 g/mol. The van der Waals surface area contributed by atoms with E-state index in [1.54, 1.807) is 6.07 Å². The lowest BCUT2D eigenvalue weighted by Crippen LogP contribution is -2.46. The van der Waals surface area contributed by atoms with Gasteiger partial charge >= 0.3 is 11.9 Å². The van der Waals surface area contributed by atoms with E-state index in [2.05, 4.69) is 58.3 Å². The van der Waals surface area contributed by atoms with Crippen molar-refractivity contribution >= 4 is 22.9 Å². The van der Waals surface area contributed by atoms with Crippen LogP contribution in [0.4, 0.5) is 10.5 Å². The van der Waals surface area contributed by atoms with Gasteiger partial charge in [0.05, 0.1) is 11.2 Å². The van der Waals surface area contributed by atoms with Crippen LogP contribution in [0.5, 0.6) is 0 Å². The molecule has 0 amide bonds. The highest BCUT2D eigenvalue weighted by Gasteiger charge is 2.22. The SMILES string of the molecule is CCCC(C)OC(=O)OCn1c(=O)oc2c(N3CCN(Cc4cccc(-c5ccccc5)c4)CC3)cccc21. The molecule has 0 spiro atoms. The molecule has 204 valence electrons. The van der Waals surface area contributed by atoms with Crippen molar-refractivity contribution in [3.05, 3.63) is 88.9 Å². The Morgan fingerprint density at radius 2 is 1.69 bits per heavy atom. The van der Waals surface area contributed by atoms with Crippen LogP contribution in [0, 0.1) is 0 Å². The van der Waals surface area contributed by atoms with E-state index in [-0.39, 0.29) is 12.8 Å². The van der Waals surface area contributed by atoms with E-state index in [4.69, 9.17) is 13.9 Å². The summed E-state index contributed by atoms with van der Waals surface area (Å²) in [7, 11) is 0. The highest BCUT2D eigenvalue weighted by molar-refractivity contribution is 5.87. The number of anilines is 1. The molecule has 39 heavy (non-hydrogen) atoms. The van der Waals surface area contributed by atoms with E-state index in [9.17, 15) is 9.59 Å². The quantitative estimate of drug-likeness (QED) is 0.251. The highest BCUT2D eigenvalue weighted by Crippen LogP contribution is 2.28. The van der Waals surface area contributed by atoms with Crippen LogP contribution in [-0.2, 0) is 22.7 Å². The Morgan fingerprint density at radius 3 is 2.46 bits per heavy atom. The Kier molecular flexibility index (Phi) is 8.32. The van der Waals surface area contributed by atoms with Gasteiger partial charge in [-0.2, -0.15) is 0 Å². The number of oxazole rings is 1. The minimum Gasteiger partial charge on any atom is -0.431 e. The first-order chi connectivity index (χ1) is 19.0.